The third-order valence-electron chi connectivity index (χ3n) is 4.51. The Bertz CT molecular complexity index is 283. The van der Waals surface area contributed by atoms with Gasteiger partial charge in [-0.2, -0.15) is 0 Å². The maximum atomic E-state index is 4.07. The molecule has 0 amide bonds. The zero-order valence-corrected chi connectivity index (χ0v) is 13.1. The van der Waals surface area contributed by atoms with Crippen LogP contribution < -0.4 is 0 Å². The van der Waals surface area contributed by atoms with E-state index in [2.05, 4.69) is 36.6 Å². The molecular formula is C15H28N2S. The minimum Gasteiger partial charge on any atom is -0.375 e. The number of likely N-dealkylation sites (tertiary alicyclic amines) is 1. The Morgan fingerprint density at radius 1 is 1.06 bits per heavy atom. The third kappa shape index (κ3) is 3.45. The van der Waals surface area contributed by atoms with Crippen LogP contribution in [0.3, 0.4) is 0 Å². The molecule has 2 heterocycles. The molecule has 3 heteroatoms. The topological polar surface area (TPSA) is 6.48 Å². The predicted molar refractivity (Wildman–Crippen MR) is 81.6 cm³/mol. The first kappa shape index (κ1) is 14.3. The average molecular weight is 268 g/mol. The lowest BCUT2D eigenvalue weighted by molar-refractivity contribution is 0.0726. The van der Waals surface area contributed by atoms with E-state index in [4.69, 9.17) is 0 Å². The van der Waals surface area contributed by atoms with E-state index in [1.807, 2.05) is 11.9 Å². The largest absolute Gasteiger partial charge is 0.375 e. The quantitative estimate of drug-likeness (QED) is 0.720. The summed E-state index contributed by atoms with van der Waals surface area (Å²) in [6.45, 7) is 15.8. The van der Waals surface area contributed by atoms with E-state index < -0.39 is 0 Å². The van der Waals surface area contributed by atoms with E-state index in [0.29, 0.717) is 5.41 Å². The Hall–Kier alpha value is -0.150. The zero-order chi connectivity index (χ0) is 13.2. The first-order valence-corrected chi connectivity index (χ1v) is 8.17. The molecular weight excluding hydrogens is 240 g/mol. The number of hydrogen-bond donors (Lipinski definition) is 0. The molecule has 1 spiro atoms. The summed E-state index contributed by atoms with van der Waals surface area (Å²) in [5.41, 5.74) is 1.90. The lowest BCUT2D eigenvalue weighted by atomic mass is 9.71. The minimum atomic E-state index is 0.653. The first-order valence-electron chi connectivity index (χ1n) is 7.33. The number of rotatable bonds is 3. The molecule has 2 aliphatic rings. The van der Waals surface area contributed by atoms with Crippen LogP contribution in [-0.2, 0) is 0 Å². The summed E-state index contributed by atoms with van der Waals surface area (Å²) in [6.07, 6.45) is 5.55. The van der Waals surface area contributed by atoms with Crippen LogP contribution in [0, 0.1) is 5.41 Å². The smallest absolute Gasteiger partial charge is 0.0180 e. The molecule has 0 aromatic carbocycles. The van der Waals surface area contributed by atoms with Crippen molar-refractivity contribution in [2.75, 3.05) is 26.2 Å². The van der Waals surface area contributed by atoms with Crippen LogP contribution in [-0.4, -0.2) is 40.6 Å². The summed E-state index contributed by atoms with van der Waals surface area (Å²) < 4.78 is 2.58. The van der Waals surface area contributed by atoms with Crippen molar-refractivity contribution in [3.63, 3.8) is 0 Å². The van der Waals surface area contributed by atoms with E-state index in [-0.39, 0.29) is 0 Å². The molecule has 104 valence electrons. The van der Waals surface area contributed by atoms with Crippen molar-refractivity contribution in [2.45, 2.75) is 51.7 Å². The van der Waals surface area contributed by atoms with Gasteiger partial charge in [-0.25, -0.2) is 0 Å². The Labute approximate surface area is 117 Å². The van der Waals surface area contributed by atoms with Gasteiger partial charge in [0.05, 0.1) is 0 Å². The minimum absolute atomic E-state index is 0.653. The highest BCUT2D eigenvalue weighted by Crippen LogP contribution is 2.43. The summed E-state index contributed by atoms with van der Waals surface area (Å²) in [6, 6.07) is 0. The second-order valence-corrected chi connectivity index (χ2v) is 7.98. The second kappa shape index (κ2) is 5.87. The van der Waals surface area contributed by atoms with Gasteiger partial charge < -0.3 is 4.90 Å². The molecule has 0 unspecified atom stereocenters. The fourth-order valence-corrected chi connectivity index (χ4v) is 4.22. The Morgan fingerprint density at radius 3 is 2.00 bits per heavy atom. The molecule has 0 saturated carbocycles. The fraction of sp³-hybridized carbons (Fsp3) is 0.867. The average Bonchev–Trinajstić information content (AvgIpc) is 2.32. The molecule has 0 atom stereocenters. The van der Waals surface area contributed by atoms with E-state index in [1.165, 1.54) is 57.6 Å². The second-order valence-electron chi connectivity index (χ2n) is 6.31. The summed E-state index contributed by atoms with van der Waals surface area (Å²) in [5, 5.41) is 0.726. The van der Waals surface area contributed by atoms with Gasteiger partial charge in [0, 0.05) is 37.1 Å². The number of allylic oxidation sites excluding steroid dienone is 1. The Kier molecular flexibility index (Phi) is 4.65. The lowest BCUT2D eigenvalue weighted by Crippen LogP contribution is -2.45. The van der Waals surface area contributed by atoms with E-state index >= 15 is 0 Å². The van der Waals surface area contributed by atoms with Gasteiger partial charge in [0.15, 0.2) is 0 Å². The summed E-state index contributed by atoms with van der Waals surface area (Å²) in [4.78, 5) is 2.46. The van der Waals surface area contributed by atoms with Crippen molar-refractivity contribution in [1.29, 1.82) is 0 Å². The lowest BCUT2D eigenvalue weighted by Gasteiger charge is -2.47. The van der Waals surface area contributed by atoms with Gasteiger partial charge in [-0.05, 0) is 38.0 Å². The van der Waals surface area contributed by atoms with E-state index in [9.17, 15) is 0 Å². The molecule has 0 aromatic heterocycles. The van der Waals surface area contributed by atoms with Crippen LogP contribution >= 0.6 is 11.9 Å². The van der Waals surface area contributed by atoms with Crippen molar-refractivity contribution >= 4 is 11.9 Å². The fourth-order valence-electron chi connectivity index (χ4n) is 3.23. The summed E-state index contributed by atoms with van der Waals surface area (Å²) >= 11 is 2.04. The standard InChI is InChI=1S/C15H28N2S/c1-13(2)16-9-5-15(6-10-16)7-11-17(12-8-15)18-14(3)4/h14H,1,5-12H2,2-4H3. The van der Waals surface area contributed by atoms with E-state index in [0.717, 1.165) is 5.25 Å². The zero-order valence-electron chi connectivity index (χ0n) is 12.2. The summed E-state index contributed by atoms with van der Waals surface area (Å²) in [7, 11) is 0. The number of piperidine rings is 2. The molecule has 0 radical (unpaired) electrons. The molecule has 0 aromatic rings. The molecule has 2 saturated heterocycles. The third-order valence-corrected chi connectivity index (χ3v) is 5.59. The van der Waals surface area contributed by atoms with Gasteiger partial charge in [0.1, 0.15) is 0 Å². The molecule has 0 N–H and O–H groups in total. The van der Waals surface area contributed by atoms with Crippen LogP contribution in [0.25, 0.3) is 0 Å². The van der Waals surface area contributed by atoms with Gasteiger partial charge in [0.25, 0.3) is 0 Å². The molecule has 2 rings (SSSR count). The maximum absolute atomic E-state index is 4.07. The van der Waals surface area contributed by atoms with Gasteiger partial charge in [-0.15, -0.1) is 0 Å². The monoisotopic (exact) mass is 268 g/mol. The number of hydrogen-bond acceptors (Lipinski definition) is 3. The van der Waals surface area contributed by atoms with E-state index in [1.54, 1.807) is 0 Å². The van der Waals surface area contributed by atoms with Gasteiger partial charge in [-0.3, -0.25) is 4.31 Å². The molecule has 2 aliphatic heterocycles. The highest BCUT2D eigenvalue weighted by atomic mass is 32.2. The normalized spacial score (nSPS) is 24.8. The Balaban J connectivity index is 1.81. The van der Waals surface area contributed by atoms with Crippen LogP contribution in [0.1, 0.15) is 46.5 Å². The predicted octanol–water partition coefficient (Wildman–Crippen LogP) is 3.75. The van der Waals surface area contributed by atoms with Gasteiger partial charge in [-0.1, -0.05) is 32.4 Å². The van der Waals surface area contributed by atoms with Crippen molar-refractivity contribution in [1.82, 2.24) is 9.21 Å². The van der Waals surface area contributed by atoms with Crippen molar-refractivity contribution < 1.29 is 0 Å². The number of nitrogens with zero attached hydrogens (tertiary/aromatic N) is 2. The molecule has 0 bridgehead atoms. The summed E-state index contributed by atoms with van der Waals surface area (Å²) in [5.74, 6) is 0. The molecule has 2 nitrogen and oxygen atoms in total. The SMILES string of the molecule is C=C(C)N1CCC2(CCN(SC(C)C)CC2)CC1. The molecule has 2 fully saturated rings. The van der Waals surface area contributed by atoms with Gasteiger partial charge in [0.2, 0.25) is 0 Å². The highest BCUT2D eigenvalue weighted by Gasteiger charge is 2.37. The van der Waals surface area contributed by atoms with Crippen molar-refractivity contribution in [3.8, 4) is 0 Å². The van der Waals surface area contributed by atoms with Crippen LogP contribution in [0.15, 0.2) is 12.3 Å². The molecule has 18 heavy (non-hydrogen) atoms. The van der Waals surface area contributed by atoms with Crippen LogP contribution in [0.4, 0.5) is 0 Å². The van der Waals surface area contributed by atoms with Crippen LogP contribution in [0.5, 0.6) is 0 Å². The molecule has 0 aliphatic carbocycles. The van der Waals surface area contributed by atoms with Crippen molar-refractivity contribution in [3.05, 3.63) is 12.3 Å². The van der Waals surface area contributed by atoms with Gasteiger partial charge >= 0.3 is 0 Å². The highest BCUT2D eigenvalue weighted by molar-refractivity contribution is 7.97. The first-order chi connectivity index (χ1) is 8.51. The Morgan fingerprint density at radius 2 is 1.56 bits per heavy atom. The van der Waals surface area contributed by atoms with Crippen LogP contribution in [0.2, 0.25) is 0 Å². The maximum Gasteiger partial charge on any atom is 0.0180 e. The van der Waals surface area contributed by atoms with Crippen molar-refractivity contribution in [2.24, 2.45) is 5.41 Å².